The lowest BCUT2D eigenvalue weighted by Crippen LogP contribution is -2.29. The first-order chi connectivity index (χ1) is 17.3. The quantitative estimate of drug-likeness (QED) is 0.192. The Labute approximate surface area is 240 Å². The van der Waals surface area contributed by atoms with Gasteiger partial charge in [-0.25, -0.2) is 4.79 Å². The highest BCUT2D eigenvalue weighted by Crippen LogP contribution is 2.35. The van der Waals surface area contributed by atoms with Crippen LogP contribution in [0.4, 0.5) is 4.79 Å². The zero-order chi connectivity index (χ0) is 25.7. The van der Waals surface area contributed by atoms with Crippen LogP contribution in [0.2, 0.25) is 0 Å². The molecular weight excluding hydrogens is 704 g/mol. The van der Waals surface area contributed by atoms with Crippen LogP contribution in [0.15, 0.2) is 71.6 Å². The summed E-state index contributed by atoms with van der Waals surface area (Å²) < 4.78 is 7.74. The van der Waals surface area contributed by atoms with Gasteiger partial charge in [0.1, 0.15) is 12.4 Å². The highest BCUT2D eigenvalue weighted by atomic mass is 127. The van der Waals surface area contributed by atoms with Gasteiger partial charge in [-0.15, -0.1) is 0 Å². The molecule has 9 heteroatoms. The van der Waals surface area contributed by atoms with E-state index in [1.807, 2.05) is 42.5 Å². The molecule has 3 aromatic carbocycles. The lowest BCUT2D eigenvalue weighted by molar-refractivity contribution is -0.122. The molecule has 1 heterocycles. The Morgan fingerprint density at radius 2 is 1.64 bits per heavy atom. The average molecular weight is 725 g/mol. The van der Waals surface area contributed by atoms with Crippen molar-refractivity contribution in [2.24, 2.45) is 0 Å². The molecule has 0 saturated carbocycles. The van der Waals surface area contributed by atoms with Crippen LogP contribution in [0, 0.1) is 7.14 Å². The molecule has 1 aliphatic rings. The van der Waals surface area contributed by atoms with Crippen molar-refractivity contribution in [3.05, 3.63) is 101 Å². The number of carboxylic acids is 1. The van der Waals surface area contributed by atoms with Gasteiger partial charge in [-0.05, 0) is 117 Å². The van der Waals surface area contributed by atoms with Crippen LogP contribution in [0.3, 0.4) is 0 Å². The number of aryl methyl sites for hydroxylation is 1. The van der Waals surface area contributed by atoms with Gasteiger partial charge in [0.2, 0.25) is 0 Å². The lowest BCUT2D eigenvalue weighted by Gasteiger charge is -2.12. The molecule has 1 fully saturated rings. The van der Waals surface area contributed by atoms with Crippen molar-refractivity contribution >= 4 is 80.1 Å². The first kappa shape index (κ1) is 26.7. The molecule has 184 valence electrons. The Morgan fingerprint density at radius 1 is 0.972 bits per heavy atom. The van der Waals surface area contributed by atoms with Gasteiger partial charge in [0.25, 0.3) is 11.1 Å². The highest BCUT2D eigenvalue weighted by molar-refractivity contribution is 14.1. The monoisotopic (exact) mass is 725 g/mol. The standard InChI is InChI=1S/C27H21I2NO5S/c28-21-13-19(14-22(29)24(21)35-16-18-8-10-20(11-9-18)26(32)33)15-23-25(31)30(27(34)36-23)12-4-7-17-5-2-1-3-6-17/h1-3,5-6,8-11,13-15H,4,7,12,16H2,(H,32,33)/b23-15+. The maximum atomic E-state index is 12.9. The van der Waals surface area contributed by atoms with Crippen LogP contribution in [0.25, 0.3) is 6.08 Å². The zero-order valence-electron chi connectivity index (χ0n) is 18.9. The van der Waals surface area contributed by atoms with E-state index in [2.05, 4.69) is 45.2 Å². The summed E-state index contributed by atoms with van der Waals surface area (Å²) in [7, 11) is 0. The fraction of sp³-hybridized carbons (Fsp3) is 0.148. The molecule has 6 nitrogen and oxygen atoms in total. The number of amides is 2. The van der Waals surface area contributed by atoms with Gasteiger partial charge in [0.15, 0.2) is 0 Å². The molecule has 36 heavy (non-hydrogen) atoms. The number of thioether (sulfide) groups is 1. The van der Waals surface area contributed by atoms with Gasteiger partial charge in [0.05, 0.1) is 17.6 Å². The number of imide groups is 1. The summed E-state index contributed by atoms with van der Waals surface area (Å²) in [6.07, 6.45) is 3.28. The molecule has 1 aliphatic heterocycles. The predicted octanol–water partition coefficient (Wildman–Crippen LogP) is 6.84. The number of carbonyl (C=O) groups excluding carboxylic acids is 2. The molecule has 0 unspecified atom stereocenters. The summed E-state index contributed by atoms with van der Waals surface area (Å²) in [5, 5.41) is 8.79. The third-order valence-electron chi connectivity index (χ3n) is 5.47. The van der Waals surface area contributed by atoms with Gasteiger partial charge >= 0.3 is 5.97 Å². The van der Waals surface area contributed by atoms with Crippen LogP contribution in [0.1, 0.15) is 33.5 Å². The van der Waals surface area contributed by atoms with Crippen LogP contribution < -0.4 is 4.74 Å². The number of carboxylic acid groups (broad SMARTS) is 1. The Bertz CT molecular complexity index is 1300. The number of carbonyl (C=O) groups is 3. The number of halogens is 2. The molecule has 0 bridgehead atoms. The number of rotatable bonds is 9. The summed E-state index contributed by atoms with van der Waals surface area (Å²) in [4.78, 5) is 38.1. The van der Waals surface area contributed by atoms with E-state index >= 15 is 0 Å². The minimum absolute atomic E-state index is 0.230. The summed E-state index contributed by atoms with van der Waals surface area (Å²) in [6, 6.07) is 20.4. The maximum Gasteiger partial charge on any atom is 0.335 e. The highest BCUT2D eigenvalue weighted by Gasteiger charge is 2.34. The second kappa shape index (κ2) is 12.2. The molecule has 0 aliphatic carbocycles. The van der Waals surface area contributed by atoms with Crippen LogP contribution in [0.5, 0.6) is 5.75 Å². The molecule has 0 aromatic heterocycles. The van der Waals surface area contributed by atoms with E-state index in [1.54, 1.807) is 30.3 Å². The lowest BCUT2D eigenvalue weighted by atomic mass is 10.1. The maximum absolute atomic E-state index is 12.9. The molecule has 0 spiro atoms. The minimum atomic E-state index is -0.966. The van der Waals surface area contributed by atoms with Gasteiger partial charge < -0.3 is 9.84 Å². The molecule has 2 amide bonds. The van der Waals surface area contributed by atoms with Crippen LogP contribution >= 0.6 is 56.9 Å². The van der Waals surface area contributed by atoms with Gasteiger partial charge in [-0.2, -0.15) is 0 Å². The summed E-state index contributed by atoms with van der Waals surface area (Å²) in [6.45, 7) is 0.694. The fourth-order valence-corrected chi connectivity index (χ4v) is 6.62. The molecule has 0 radical (unpaired) electrons. The van der Waals surface area contributed by atoms with Gasteiger partial charge in [-0.1, -0.05) is 42.5 Å². The van der Waals surface area contributed by atoms with Crippen molar-refractivity contribution < 1.29 is 24.2 Å². The van der Waals surface area contributed by atoms with E-state index in [9.17, 15) is 14.4 Å². The van der Waals surface area contributed by atoms with Gasteiger partial charge in [-0.3, -0.25) is 14.5 Å². The van der Waals surface area contributed by atoms with Crippen molar-refractivity contribution in [2.45, 2.75) is 19.4 Å². The molecule has 0 atom stereocenters. The number of aromatic carboxylic acids is 1. The predicted molar refractivity (Wildman–Crippen MR) is 157 cm³/mol. The van der Waals surface area contributed by atoms with Crippen molar-refractivity contribution in [3.63, 3.8) is 0 Å². The first-order valence-corrected chi connectivity index (χ1v) is 14.0. The SMILES string of the molecule is O=C(O)c1ccc(COc2c(I)cc(/C=C3/SC(=O)N(CCCc4ccccc4)C3=O)cc2I)cc1. The van der Waals surface area contributed by atoms with Crippen LogP contribution in [-0.4, -0.2) is 33.7 Å². The summed E-state index contributed by atoms with van der Waals surface area (Å²) >= 11 is 5.34. The summed E-state index contributed by atoms with van der Waals surface area (Å²) in [5.74, 6) is -0.509. The smallest absolute Gasteiger partial charge is 0.335 e. The zero-order valence-corrected chi connectivity index (χ0v) is 24.1. The molecule has 3 aromatic rings. The van der Waals surface area contributed by atoms with E-state index in [0.29, 0.717) is 23.8 Å². The minimum Gasteiger partial charge on any atom is -0.487 e. The van der Waals surface area contributed by atoms with E-state index in [0.717, 1.165) is 42.9 Å². The largest absolute Gasteiger partial charge is 0.487 e. The third-order valence-corrected chi connectivity index (χ3v) is 7.98. The van der Waals surface area contributed by atoms with Crippen molar-refractivity contribution in [1.82, 2.24) is 4.90 Å². The van der Waals surface area contributed by atoms with Crippen molar-refractivity contribution in [3.8, 4) is 5.75 Å². The number of nitrogens with zero attached hydrogens (tertiary/aromatic N) is 1. The van der Waals surface area contributed by atoms with Crippen molar-refractivity contribution in [1.29, 1.82) is 0 Å². The summed E-state index contributed by atoms with van der Waals surface area (Å²) in [5.41, 5.74) is 3.09. The van der Waals surface area contributed by atoms with Gasteiger partial charge in [0, 0.05) is 6.54 Å². The Morgan fingerprint density at radius 3 is 2.28 bits per heavy atom. The first-order valence-electron chi connectivity index (χ1n) is 11.0. The second-order valence-electron chi connectivity index (χ2n) is 8.03. The Kier molecular flexibility index (Phi) is 9.07. The molecule has 1 N–H and O–H groups in total. The molecule has 1 saturated heterocycles. The van der Waals surface area contributed by atoms with E-state index in [1.165, 1.54) is 10.5 Å². The average Bonchev–Trinajstić information content (AvgIpc) is 3.11. The molecular formula is C27H21I2NO5S. The number of hydrogen-bond donors (Lipinski definition) is 1. The van der Waals surface area contributed by atoms with E-state index < -0.39 is 5.97 Å². The fourth-order valence-electron chi connectivity index (χ4n) is 3.63. The third kappa shape index (κ3) is 6.68. The normalized spacial score (nSPS) is 14.5. The van der Waals surface area contributed by atoms with Crippen LogP contribution in [-0.2, 0) is 17.8 Å². The van der Waals surface area contributed by atoms with E-state index in [-0.39, 0.29) is 16.7 Å². The topological polar surface area (TPSA) is 83.9 Å². The Hall–Kier alpha value is -2.38. The number of hydrogen-bond acceptors (Lipinski definition) is 5. The number of ether oxygens (including phenoxy) is 1. The molecule has 4 rings (SSSR count). The van der Waals surface area contributed by atoms with Crippen molar-refractivity contribution in [2.75, 3.05) is 6.54 Å². The second-order valence-corrected chi connectivity index (χ2v) is 11.3. The Balaban J connectivity index is 1.40. The van der Waals surface area contributed by atoms with E-state index in [4.69, 9.17) is 9.84 Å². The number of benzene rings is 3.